The van der Waals surface area contributed by atoms with Gasteiger partial charge in [-0.3, -0.25) is 4.79 Å². The fourth-order valence-corrected chi connectivity index (χ4v) is 4.03. The van der Waals surface area contributed by atoms with Crippen LogP contribution in [0.15, 0.2) is 28.8 Å². The van der Waals surface area contributed by atoms with Crippen LogP contribution in [0.3, 0.4) is 0 Å². The Morgan fingerprint density at radius 3 is 2.80 bits per heavy atom. The van der Waals surface area contributed by atoms with E-state index in [-0.39, 0.29) is 11.9 Å². The van der Waals surface area contributed by atoms with Gasteiger partial charge in [0.1, 0.15) is 0 Å². The molecule has 0 aliphatic heterocycles. The molecule has 0 bridgehead atoms. The molecule has 1 unspecified atom stereocenters. The minimum absolute atomic E-state index is 0.232. The Balaban J connectivity index is 1.28. The highest BCUT2D eigenvalue weighted by Gasteiger charge is 2.40. The molecular formula is C20H23N3O2. The number of aromatic nitrogens is 2. The molecule has 1 atom stereocenters. The van der Waals surface area contributed by atoms with E-state index in [0.717, 1.165) is 44.3 Å². The molecule has 25 heavy (non-hydrogen) atoms. The van der Waals surface area contributed by atoms with Crippen LogP contribution in [0.2, 0.25) is 0 Å². The predicted octanol–water partition coefficient (Wildman–Crippen LogP) is 3.56. The number of hydrogen-bond donors (Lipinski definition) is 0. The van der Waals surface area contributed by atoms with Crippen molar-refractivity contribution < 1.29 is 9.32 Å². The molecule has 5 nitrogen and oxygen atoms in total. The van der Waals surface area contributed by atoms with Crippen LogP contribution in [0.5, 0.6) is 0 Å². The average Bonchev–Trinajstić information content (AvgIpc) is 3.56. The second-order valence-electron chi connectivity index (χ2n) is 7.61. The summed E-state index contributed by atoms with van der Waals surface area (Å²) in [6.45, 7) is 0. The minimum Gasteiger partial charge on any atom is -0.339 e. The van der Waals surface area contributed by atoms with Crippen LogP contribution in [0.25, 0.3) is 0 Å². The Morgan fingerprint density at radius 1 is 1.16 bits per heavy atom. The van der Waals surface area contributed by atoms with Crippen LogP contribution in [0.4, 0.5) is 0 Å². The van der Waals surface area contributed by atoms with Gasteiger partial charge in [-0.15, -0.1) is 0 Å². The van der Waals surface area contributed by atoms with Gasteiger partial charge in [0.05, 0.1) is 6.04 Å². The zero-order valence-corrected chi connectivity index (χ0v) is 14.4. The van der Waals surface area contributed by atoms with Gasteiger partial charge in [0, 0.05) is 24.8 Å². The molecule has 3 aliphatic carbocycles. The quantitative estimate of drug-likeness (QED) is 0.809. The summed E-state index contributed by atoms with van der Waals surface area (Å²) in [4.78, 5) is 19.6. The van der Waals surface area contributed by atoms with E-state index in [9.17, 15) is 4.79 Å². The summed E-state index contributed by atoms with van der Waals surface area (Å²) in [7, 11) is 0. The Bertz CT molecular complexity index is 792. The highest BCUT2D eigenvalue weighted by Crippen LogP contribution is 2.42. The lowest BCUT2D eigenvalue weighted by molar-refractivity contribution is -0.134. The predicted molar refractivity (Wildman–Crippen MR) is 92.0 cm³/mol. The van der Waals surface area contributed by atoms with Gasteiger partial charge in [-0.05, 0) is 49.7 Å². The topological polar surface area (TPSA) is 59.2 Å². The van der Waals surface area contributed by atoms with Gasteiger partial charge < -0.3 is 9.42 Å². The van der Waals surface area contributed by atoms with Crippen molar-refractivity contribution in [2.45, 2.75) is 69.4 Å². The zero-order chi connectivity index (χ0) is 16.8. The number of aryl methyl sites for hydroxylation is 2. The standard InChI is InChI=1S/C20H23N3O2/c24-19(12-11-18-21-20(22-25-18)14-5-6-14)23(15-8-9-15)17-10-7-13-3-1-2-4-16(13)17/h1-4,14-15,17H,5-12H2. The summed E-state index contributed by atoms with van der Waals surface area (Å²) < 4.78 is 5.32. The van der Waals surface area contributed by atoms with Gasteiger partial charge in [-0.2, -0.15) is 4.98 Å². The molecule has 0 saturated heterocycles. The van der Waals surface area contributed by atoms with E-state index in [0.29, 0.717) is 30.7 Å². The van der Waals surface area contributed by atoms with Gasteiger partial charge in [0.25, 0.3) is 0 Å². The Labute approximate surface area is 147 Å². The number of fused-ring (bicyclic) bond motifs is 1. The number of nitrogens with zero attached hydrogens (tertiary/aromatic N) is 3. The molecular weight excluding hydrogens is 314 g/mol. The van der Waals surface area contributed by atoms with Crippen molar-refractivity contribution in [1.82, 2.24) is 15.0 Å². The van der Waals surface area contributed by atoms with E-state index in [1.165, 1.54) is 11.1 Å². The van der Waals surface area contributed by atoms with Crippen LogP contribution >= 0.6 is 0 Å². The summed E-state index contributed by atoms with van der Waals surface area (Å²) in [5.74, 6) is 2.16. The number of carbonyl (C=O) groups is 1. The summed E-state index contributed by atoms with van der Waals surface area (Å²) in [6.07, 6.45) is 7.73. The minimum atomic E-state index is 0.232. The summed E-state index contributed by atoms with van der Waals surface area (Å²) in [5, 5.41) is 4.04. The molecule has 0 radical (unpaired) electrons. The number of amides is 1. The second kappa shape index (κ2) is 5.97. The Morgan fingerprint density at radius 2 is 2.00 bits per heavy atom. The molecule has 2 aromatic rings. The zero-order valence-electron chi connectivity index (χ0n) is 14.4. The maximum atomic E-state index is 13.0. The normalized spacial score (nSPS) is 22.0. The molecule has 5 rings (SSSR count). The van der Waals surface area contributed by atoms with E-state index in [4.69, 9.17) is 4.52 Å². The molecule has 130 valence electrons. The van der Waals surface area contributed by atoms with Crippen LogP contribution < -0.4 is 0 Å². The molecule has 1 aromatic heterocycles. The summed E-state index contributed by atoms with van der Waals surface area (Å²) in [5.41, 5.74) is 2.74. The van der Waals surface area contributed by atoms with E-state index in [2.05, 4.69) is 39.3 Å². The molecule has 5 heteroatoms. The lowest BCUT2D eigenvalue weighted by Crippen LogP contribution is -2.36. The number of carbonyl (C=O) groups excluding carboxylic acids is 1. The van der Waals surface area contributed by atoms with Crippen molar-refractivity contribution in [3.8, 4) is 0 Å². The van der Waals surface area contributed by atoms with E-state index < -0.39 is 0 Å². The van der Waals surface area contributed by atoms with Crippen molar-refractivity contribution in [1.29, 1.82) is 0 Å². The van der Waals surface area contributed by atoms with Crippen LogP contribution in [-0.4, -0.2) is 27.0 Å². The summed E-state index contributed by atoms with van der Waals surface area (Å²) >= 11 is 0. The maximum Gasteiger partial charge on any atom is 0.227 e. The first-order chi connectivity index (χ1) is 12.3. The van der Waals surface area contributed by atoms with E-state index in [1.54, 1.807) is 0 Å². The van der Waals surface area contributed by atoms with Crippen LogP contribution in [0.1, 0.15) is 73.3 Å². The van der Waals surface area contributed by atoms with Crippen molar-refractivity contribution >= 4 is 5.91 Å². The Hall–Kier alpha value is -2.17. The third-order valence-corrected chi connectivity index (χ3v) is 5.64. The maximum absolute atomic E-state index is 13.0. The second-order valence-corrected chi connectivity index (χ2v) is 7.61. The van der Waals surface area contributed by atoms with Crippen LogP contribution in [0, 0.1) is 0 Å². The third-order valence-electron chi connectivity index (χ3n) is 5.64. The lowest BCUT2D eigenvalue weighted by Gasteiger charge is -2.30. The SMILES string of the molecule is O=C(CCc1nc(C2CC2)no1)N(C1CC1)C1CCc2ccccc21. The first kappa shape index (κ1) is 15.1. The fraction of sp³-hybridized carbons (Fsp3) is 0.550. The first-order valence-corrected chi connectivity index (χ1v) is 9.51. The van der Waals surface area contributed by atoms with Gasteiger partial charge >= 0.3 is 0 Å². The number of benzene rings is 1. The van der Waals surface area contributed by atoms with Crippen molar-refractivity contribution in [3.05, 3.63) is 47.1 Å². The fourth-order valence-electron chi connectivity index (χ4n) is 4.03. The number of rotatable bonds is 6. The van der Waals surface area contributed by atoms with E-state index in [1.807, 2.05) is 0 Å². The Kier molecular flexibility index (Phi) is 3.61. The van der Waals surface area contributed by atoms with Crippen molar-refractivity contribution in [2.24, 2.45) is 0 Å². The number of hydrogen-bond acceptors (Lipinski definition) is 4. The van der Waals surface area contributed by atoms with Crippen molar-refractivity contribution in [3.63, 3.8) is 0 Å². The van der Waals surface area contributed by atoms with Gasteiger partial charge in [-0.1, -0.05) is 29.4 Å². The largest absolute Gasteiger partial charge is 0.339 e. The van der Waals surface area contributed by atoms with Gasteiger partial charge in [-0.25, -0.2) is 0 Å². The highest BCUT2D eigenvalue weighted by atomic mass is 16.5. The van der Waals surface area contributed by atoms with Gasteiger partial charge in [0.15, 0.2) is 5.82 Å². The lowest BCUT2D eigenvalue weighted by atomic mass is 10.1. The monoisotopic (exact) mass is 337 g/mol. The molecule has 1 aromatic carbocycles. The smallest absolute Gasteiger partial charge is 0.227 e. The van der Waals surface area contributed by atoms with Gasteiger partial charge in [0.2, 0.25) is 11.8 Å². The average molecular weight is 337 g/mol. The highest BCUT2D eigenvalue weighted by molar-refractivity contribution is 5.78. The third kappa shape index (κ3) is 2.96. The van der Waals surface area contributed by atoms with E-state index >= 15 is 0 Å². The van der Waals surface area contributed by atoms with Crippen molar-refractivity contribution in [2.75, 3.05) is 0 Å². The first-order valence-electron chi connectivity index (χ1n) is 9.51. The molecule has 2 saturated carbocycles. The molecule has 0 N–H and O–H groups in total. The molecule has 1 heterocycles. The molecule has 2 fully saturated rings. The summed E-state index contributed by atoms with van der Waals surface area (Å²) in [6, 6.07) is 9.25. The molecule has 3 aliphatic rings. The van der Waals surface area contributed by atoms with Crippen LogP contribution in [-0.2, 0) is 17.6 Å². The molecule has 0 spiro atoms. The molecule has 1 amide bonds.